The summed E-state index contributed by atoms with van der Waals surface area (Å²) in [5, 5.41) is 9.25. The molecule has 142 valence electrons. The van der Waals surface area contributed by atoms with Crippen molar-refractivity contribution in [3.05, 3.63) is 59.9 Å². The van der Waals surface area contributed by atoms with Crippen molar-refractivity contribution in [3.8, 4) is 5.75 Å². The lowest BCUT2D eigenvalue weighted by atomic mass is 10.2. The minimum atomic E-state index is -0.948. The van der Waals surface area contributed by atoms with Crippen LogP contribution in [0.1, 0.15) is 30.0 Å². The van der Waals surface area contributed by atoms with Gasteiger partial charge in [-0.2, -0.15) is 0 Å². The molecule has 0 unspecified atom stereocenters. The SMILES string of the molecule is CCN(CC)CCn1c(COc2ccccc2)nc2cc(C(=O)O)ccc21. The van der Waals surface area contributed by atoms with Crippen molar-refractivity contribution in [3.63, 3.8) is 0 Å². The summed E-state index contributed by atoms with van der Waals surface area (Å²) in [7, 11) is 0. The molecule has 0 saturated carbocycles. The van der Waals surface area contributed by atoms with Gasteiger partial charge in [0, 0.05) is 13.1 Å². The molecule has 0 saturated heterocycles. The predicted octanol–water partition coefficient (Wildman–Crippen LogP) is 3.66. The standard InChI is InChI=1S/C21H25N3O3/c1-3-23(4-2)12-13-24-19-11-10-16(21(25)26)14-18(19)22-20(24)15-27-17-8-6-5-7-9-17/h5-11,14H,3-4,12-13,15H2,1-2H3,(H,25,26). The highest BCUT2D eigenvalue weighted by molar-refractivity contribution is 5.92. The van der Waals surface area contributed by atoms with Crippen LogP contribution in [0.4, 0.5) is 0 Å². The molecule has 0 aliphatic heterocycles. The van der Waals surface area contributed by atoms with Crippen LogP contribution in [-0.2, 0) is 13.2 Å². The third kappa shape index (κ3) is 4.46. The van der Waals surface area contributed by atoms with Crippen molar-refractivity contribution < 1.29 is 14.6 Å². The van der Waals surface area contributed by atoms with Crippen LogP contribution in [0.15, 0.2) is 48.5 Å². The van der Waals surface area contributed by atoms with E-state index in [1.807, 2.05) is 36.4 Å². The number of hydrogen-bond donors (Lipinski definition) is 1. The third-order valence-corrected chi connectivity index (χ3v) is 4.72. The monoisotopic (exact) mass is 367 g/mol. The lowest BCUT2D eigenvalue weighted by molar-refractivity contribution is 0.0697. The van der Waals surface area contributed by atoms with Crippen LogP contribution in [0.3, 0.4) is 0 Å². The van der Waals surface area contributed by atoms with Gasteiger partial charge < -0.3 is 19.3 Å². The topological polar surface area (TPSA) is 67.6 Å². The van der Waals surface area contributed by atoms with E-state index in [-0.39, 0.29) is 5.56 Å². The molecule has 0 radical (unpaired) electrons. The van der Waals surface area contributed by atoms with Crippen LogP contribution >= 0.6 is 0 Å². The number of likely N-dealkylation sites (N-methyl/N-ethyl adjacent to an activating group) is 1. The van der Waals surface area contributed by atoms with Gasteiger partial charge in [0.05, 0.1) is 16.6 Å². The summed E-state index contributed by atoms with van der Waals surface area (Å²) in [4.78, 5) is 18.3. The zero-order valence-electron chi connectivity index (χ0n) is 15.8. The van der Waals surface area contributed by atoms with Gasteiger partial charge in [-0.3, -0.25) is 0 Å². The summed E-state index contributed by atoms with van der Waals surface area (Å²) in [5.41, 5.74) is 1.85. The number of aromatic nitrogens is 2. The number of nitrogens with zero attached hydrogens (tertiary/aromatic N) is 3. The molecule has 3 aromatic rings. The molecule has 6 heteroatoms. The number of aromatic carboxylic acids is 1. The second-order valence-electron chi connectivity index (χ2n) is 6.32. The van der Waals surface area contributed by atoms with E-state index in [0.29, 0.717) is 12.1 Å². The molecule has 3 rings (SSSR count). The first-order chi connectivity index (χ1) is 13.1. The molecule has 2 aromatic carbocycles. The zero-order valence-corrected chi connectivity index (χ0v) is 15.8. The number of carboxylic acids is 1. The Kier molecular flexibility index (Phi) is 6.08. The van der Waals surface area contributed by atoms with Crippen molar-refractivity contribution in [1.82, 2.24) is 14.5 Å². The van der Waals surface area contributed by atoms with Gasteiger partial charge in [0.1, 0.15) is 18.2 Å². The van der Waals surface area contributed by atoms with E-state index in [4.69, 9.17) is 4.74 Å². The largest absolute Gasteiger partial charge is 0.486 e. The van der Waals surface area contributed by atoms with Gasteiger partial charge in [0.15, 0.2) is 0 Å². The van der Waals surface area contributed by atoms with E-state index < -0.39 is 5.97 Å². The summed E-state index contributed by atoms with van der Waals surface area (Å²) in [6, 6.07) is 14.7. The molecule has 0 bridgehead atoms. The molecular formula is C21H25N3O3. The first kappa shape index (κ1) is 18.9. The molecule has 1 aromatic heterocycles. The lowest BCUT2D eigenvalue weighted by Gasteiger charge is -2.19. The number of fused-ring (bicyclic) bond motifs is 1. The molecule has 0 atom stereocenters. The average Bonchev–Trinajstić information content (AvgIpc) is 3.04. The van der Waals surface area contributed by atoms with Gasteiger partial charge in [-0.25, -0.2) is 9.78 Å². The summed E-state index contributed by atoms with van der Waals surface area (Å²) in [5.74, 6) is 0.631. The Morgan fingerprint density at radius 1 is 1.15 bits per heavy atom. The number of carboxylic acid groups (broad SMARTS) is 1. The van der Waals surface area contributed by atoms with Crippen LogP contribution in [0.25, 0.3) is 11.0 Å². The van der Waals surface area contributed by atoms with E-state index in [1.54, 1.807) is 12.1 Å². The Hall–Kier alpha value is -2.86. The van der Waals surface area contributed by atoms with E-state index in [2.05, 4.69) is 28.3 Å². The van der Waals surface area contributed by atoms with Gasteiger partial charge in [-0.05, 0) is 43.4 Å². The summed E-state index contributed by atoms with van der Waals surface area (Å²) in [6.07, 6.45) is 0. The van der Waals surface area contributed by atoms with Crippen molar-refractivity contribution >= 4 is 17.0 Å². The molecular weight excluding hydrogens is 342 g/mol. The van der Waals surface area contributed by atoms with Gasteiger partial charge in [0.2, 0.25) is 0 Å². The number of benzene rings is 2. The molecule has 0 aliphatic rings. The fourth-order valence-corrected chi connectivity index (χ4v) is 3.12. The summed E-state index contributed by atoms with van der Waals surface area (Å²) in [6.45, 7) is 8.28. The van der Waals surface area contributed by atoms with E-state index >= 15 is 0 Å². The number of para-hydroxylation sites is 1. The van der Waals surface area contributed by atoms with E-state index in [1.165, 1.54) is 0 Å². The van der Waals surface area contributed by atoms with Crippen molar-refractivity contribution in [2.45, 2.75) is 27.0 Å². The maximum atomic E-state index is 11.3. The Labute approximate surface area is 159 Å². The van der Waals surface area contributed by atoms with Crippen LogP contribution in [0.5, 0.6) is 5.75 Å². The number of imidazole rings is 1. The van der Waals surface area contributed by atoms with Crippen molar-refractivity contribution in [1.29, 1.82) is 0 Å². The molecule has 0 amide bonds. The average molecular weight is 367 g/mol. The summed E-state index contributed by atoms with van der Waals surface area (Å²) >= 11 is 0. The van der Waals surface area contributed by atoms with Gasteiger partial charge in [0.25, 0.3) is 0 Å². The Morgan fingerprint density at radius 3 is 2.56 bits per heavy atom. The lowest BCUT2D eigenvalue weighted by Crippen LogP contribution is -2.27. The van der Waals surface area contributed by atoms with Crippen LogP contribution in [0, 0.1) is 0 Å². The molecule has 0 aliphatic carbocycles. The predicted molar refractivity (Wildman–Crippen MR) is 105 cm³/mol. The van der Waals surface area contributed by atoms with E-state index in [9.17, 15) is 9.90 Å². The molecule has 27 heavy (non-hydrogen) atoms. The quantitative estimate of drug-likeness (QED) is 0.625. The zero-order chi connectivity index (χ0) is 19.2. The minimum absolute atomic E-state index is 0.242. The normalized spacial score (nSPS) is 11.2. The maximum absolute atomic E-state index is 11.3. The van der Waals surface area contributed by atoms with Gasteiger partial charge in [-0.1, -0.05) is 32.0 Å². The van der Waals surface area contributed by atoms with Crippen molar-refractivity contribution in [2.75, 3.05) is 19.6 Å². The van der Waals surface area contributed by atoms with Crippen LogP contribution < -0.4 is 4.74 Å². The highest BCUT2D eigenvalue weighted by Crippen LogP contribution is 2.20. The first-order valence-electron chi connectivity index (χ1n) is 9.25. The Balaban J connectivity index is 1.90. The number of ether oxygens (including phenoxy) is 1. The van der Waals surface area contributed by atoms with Crippen LogP contribution in [-0.4, -0.2) is 45.2 Å². The third-order valence-electron chi connectivity index (χ3n) is 4.72. The Bertz CT molecular complexity index is 902. The smallest absolute Gasteiger partial charge is 0.335 e. The highest BCUT2D eigenvalue weighted by Gasteiger charge is 2.14. The molecule has 1 N–H and O–H groups in total. The molecule has 0 spiro atoms. The molecule has 0 fully saturated rings. The van der Waals surface area contributed by atoms with Gasteiger partial charge in [-0.15, -0.1) is 0 Å². The molecule has 1 heterocycles. The fraction of sp³-hybridized carbons (Fsp3) is 0.333. The number of carbonyl (C=O) groups is 1. The highest BCUT2D eigenvalue weighted by atomic mass is 16.5. The van der Waals surface area contributed by atoms with Crippen molar-refractivity contribution in [2.24, 2.45) is 0 Å². The van der Waals surface area contributed by atoms with Crippen LogP contribution in [0.2, 0.25) is 0 Å². The van der Waals surface area contributed by atoms with Gasteiger partial charge >= 0.3 is 5.97 Å². The minimum Gasteiger partial charge on any atom is -0.486 e. The number of hydrogen-bond acceptors (Lipinski definition) is 4. The summed E-state index contributed by atoms with van der Waals surface area (Å²) < 4.78 is 8.01. The molecule has 6 nitrogen and oxygen atoms in total. The Morgan fingerprint density at radius 2 is 1.89 bits per heavy atom. The fourth-order valence-electron chi connectivity index (χ4n) is 3.12. The first-order valence-corrected chi connectivity index (χ1v) is 9.25. The van der Waals surface area contributed by atoms with E-state index in [0.717, 1.165) is 43.3 Å². The number of rotatable bonds is 9. The maximum Gasteiger partial charge on any atom is 0.335 e. The second-order valence-corrected chi connectivity index (χ2v) is 6.32. The second kappa shape index (κ2) is 8.68.